The number of nitrogens with one attached hydrogen (secondary N) is 1. The molecule has 3 rings (SSSR count). The Balaban J connectivity index is 1.79. The SMILES string of the molecule is CC(C)CN(CC(C)C)C(=O)CN1C(=O)N[C@]2(CCc3ccccc32)C1=O. The van der Waals surface area contributed by atoms with Gasteiger partial charge in [0, 0.05) is 13.1 Å². The first kappa shape index (κ1) is 19.4. The lowest BCUT2D eigenvalue weighted by atomic mass is 9.92. The number of nitrogens with zero attached hydrogens (tertiary/aromatic N) is 2. The molecular weight excluding hydrogens is 342 g/mol. The Labute approximate surface area is 160 Å². The molecule has 146 valence electrons. The van der Waals surface area contributed by atoms with Crippen molar-refractivity contribution in [2.24, 2.45) is 11.8 Å². The number of benzene rings is 1. The van der Waals surface area contributed by atoms with E-state index >= 15 is 0 Å². The summed E-state index contributed by atoms with van der Waals surface area (Å²) in [6.07, 6.45) is 1.29. The maximum absolute atomic E-state index is 13.2. The smallest absolute Gasteiger partial charge is 0.325 e. The Bertz CT molecular complexity index is 749. The van der Waals surface area contributed by atoms with Crippen LogP contribution in [-0.4, -0.2) is 47.3 Å². The lowest BCUT2D eigenvalue weighted by molar-refractivity contribution is -0.139. The third kappa shape index (κ3) is 3.57. The Hall–Kier alpha value is -2.37. The highest BCUT2D eigenvalue weighted by Gasteiger charge is 2.55. The van der Waals surface area contributed by atoms with Gasteiger partial charge in [0.15, 0.2) is 0 Å². The molecule has 0 saturated carbocycles. The second kappa shape index (κ2) is 7.33. The summed E-state index contributed by atoms with van der Waals surface area (Å²) in [6.45, 7) is 9.26. The molecule has 1 aromatic carbocycles. The largest absolute Gasteiger partial charge is 0.341 e. The summed E-state index contributed by atoms with van der Waals surface area (Å²) in [5.74, 6) is 0.164. The molecule has 1 fully saturated rings. The fourth-order valence-electron chi connectivity index (χ4n) is 4.13. The van der Waals surface area contributed by atoms with Crippen molar-refractivity contribution in [3.8, 4) is 0 Å². The molecule has 2 aliphatic rings. The van der Waals surface area contributed by atoms with Crippen LogP contribution in [0, 0.1) is 11.8 Å². The molecule has 27 heavy (non-hydrogen) atoms. The lowest BCUT2D eigenvalue weighted by Gasteiger charge is -2.28. The Morgan fingerprint density at radius 2 is 1.78 bits per heavy atom. The Morgan fingerprint density at radius 3 is 2.41 bits per heavy atom. The second-order valence-electron chi connectivity index (χ2n) is 8.47. The van der Waals surface area contributed by atoms with E-state index < -0.39 is 11.6 Å². The van der Waals surface area contributed by atoms with Crippen molar-refractivity contribution < 1.29 is 14.4 Å². The molecule has 1 aromatic rings. The number of urea groups is 1. The van der Waals surface area contributed by atoms with Gasteiger partial charge in [-0.1, -0.05) is 52.0 Å². The zero-order valence-corrected chi connectivity index (χ0v) is 16.6. The highest BCUT2D eigenvalue weighted by Crippen LogP contribution is 2.41. The van der Waals surface area contributed by atoms with Gasteiger partial charge >= 0.3 is 6.03 Å². The summed E-state index contributed by atoms with van der Waals surface area (Å²) >= 11 is 0. The van der Waals surface area contributed by atoms with E-state index in [1.807, 2.05) is 24.3 Å². The molecule has 1 aliphatic carbocycles. The van der Waals surface area contributed by atoms with E-state index in [0.29, 0.717) is 31.3 Å². The molecule has 6 nitrogen and oxygen atoms in total. The standard InChI is InChI=1S/C21H29N3O3/c1-14(2)11-23(12-15(3)4)18(25)13-24-19(26)21(22-20(24)27)10-9-16-7-5-6-8-17(16)21/h5-8,14-15H,9-13H2,1-4H3,(H,22,27)/t21-/m0/s1. The number of carbonyl (C=O) groups is 3. The van der Waals surface area contributed by atoms with Crippen LogP contribution >= 0.6 is 0 Å². The molecule has 1 atom stereocenters. The van der Waals surface area contributed by atoms with Crippen molar-refractivity contribution in [3.63, 3.8) is 0 Å². The summed E-state index contributed by atoms with van der Waals surface area (Å²) in [4.78, 5) is 41.5. The van der Waals surface area contributed by atoms with Crippen LogP contribution in [-0.2, 0) is 21.5 Å². The molecule has 0 bridgehead atoms. The van der Waals surface area contributed by atoms with E-state index in [-0.39, 0.29) is 18.4 Å². The zero-order valence-electron chi connectivity index (χ0n) is 16.6. The fraction of sp³-hybridized carbons (Fsp3) is 0.571. The molecule has 0 aromatic heterocycles. The van der Waals surface area contributed by atoms with Crippen LogP contribution in [0.25, 0.3) is 0 Å². The molecule has 6 heteroatoms. The number of carbonyl (C=O) groups excluding carboxylic acids is 3. The minimum Gasteiger partial charge on any atom is -0.341 e. The summed E-state index contributed by atoms with van der Waals surface area (Å²) < 4.78 is 0. The zero-order chi connectivity index (χ0) is 19.8. The van der Waals surface area contributed by atoms with E-state index in [9.17, 15) is 14.4 Å². The molecule has 1 saturated heterocycles. The fourth-order valence-corrected chi connectivity index (χ4v) is 4.13. The van der Waals surface area contributed by atoms with Gasteiger partial charge in [-0.25, -0.2) is 4.79 Å². The van der Waals surface area contributed by atoms with Crippen LogP contribution < -0.4 is 5.32 Å². The topological polar surface area (TPSA) is 69.7 Å². The first-order chi connectivity index (χ1) is 12.7. The number of fused-ring (bicyclic) bond motifs is 2. The quantitative estimate of drug-likeness (QED) is 0.781. The van der Waals surface area contributed by atoms with E-state index in [1.54, 1.807) is 4.90 Å². The highest BCUT2D eigenvalue weighted by atomic mass is 16.2. The first-order valence-corrected chi connectivity index (χ1v) is 9.75. The average molecular weight is 371 g/mol. The van der Waals surface area contributed by atoms with Crippen molar-refractivity contribution in [3.05, 3.63) is 35.4 Å². The molecule has 1 heterocycles. The average Bonchev–Trinajstić information content (AvgIpc) is 3.07. The summed E-state index contributed by atoms with van der Waals surface area (Å²) in [5.41, 5.74) is 0.939. The van der Waals surface area contributed by atoms with Crippen LogP contribution in [0.5, 0.6) is 0 Å². The molecule has 1 N–H and O–H groups in total. The monoisotopic (exact) mass is 371 g/mol. The third-order valence-corrected chi connectivity index (χ3v) is 5.24. The molecule has 0 radical (unpaired) electrons. The number of hydrogen-bond acceptors (Lipinski definition) is 3. The number of aryl methyl sites for hydroxylation is 1. The number of rotatable bonds is 6. The van der Waals surface area contributed by atoms with Gasteiger partial charge in [-0.05, 0) is 35.8 Å². The van der Waals surface area contributed by atoms with Crippen molar-refractivity contribution in [1.82, 2.24) is 15.1 Å². The van der Waals surface area contributed by atoms with E-state index in [1.165, 1.54) is 0 Å². The Kier molecular flexibility index (Phi) is 5.27. The van der Waals surface area contributed by atoms with E-state index in [0.717, 1.165) is 22.4 Å². The predicted octanol–water partition coefficient (Wildman–Crippen LogP) is 2.52. The molecule has 1 aliphatic heterocycles. The van der Waals surface area contributed by atoms with Crippen LogP contribution in [0.4, 0.5) is 4.79 Å². The summed E-state index contributed by atoms with van der Waals surface area (Å²) in [5, 5.41) is 2.88. The van der Waals surface area contributed by atoms with Gasteiger partial charge in [0.2, 0.25) is 5.91 Å². The van der Waals surface area contributed by atoms with E-state index in [4.69, 9.17) is 0 Å². The minimum absolute atomic E-state index is 0.177. The van der Waals surface area contributed by atoms with E-state index in [2.05, 4.69) is 33.0 Å². The van der Waals surface area contributed by atoms with Gasteiger partial charge in [-0.3, -0.25) is 14.5 Å². The summed E-state index contributed by atoms with van der Waals surface area (Å²) in [6, 6.07) is 7.24. The number of amides is 4. The lowest BCUT2D eigenvalue weighted by Crippen LogP contribution is -2.46. The third-order valence-electron chi connectivity index (χ3n) is 5.24. The normalized spacial score (nSPS) is 21.3. The number of hydrogen-bond donors (Lipinski definition) is 1. The van der Waals surface area contributed by atoms with Crippen LogP contribution in [0.2, 0.25) is 0 Å². The minimum atomic E-state index is -1.01. The molecule has 0 unspecified atom stereocenters. The van der Waals surface area contributed by atoms with Crippen molar-refractivity contribution in [1.29, 1.82) is 0 Å². The van der Waals surface area contributed by atoms with Crippen molar-refractivity contribution in [2.45, 2.75) is 46.1 Å². The van der Waals surface area contributed by atoms with Crippen molar-refractivity contribution >= 4 is 17.8 Å². The van der Waals surface area contributed by atoms with Gasteiger partial charge in [0.25, 0.3) is 5.91 Å². The van der Waals surface area contributed by atoms with Crippen LogP contribution in [0.1, 0.15) is 45.2 Å². The second-order valence-corrected chi connectivity index (χ2v) is 8.47. The van der Waals surface area contributed by atoms with Gasteiger partial charge in [0.1, 0.15) is 12.1 Å². The highest BCUT2D eigenvalue weighted by molar-refractivity contribution is 6.09. The summed E-state index contributed by atoms with van der Waals surface area (Å²) in [7, 11) is 0. The predicted molar refractivity (Wildman–Crippen MR) is 103 cm³/mol. The van der Waals surface area contributed by atoms with Crippen molar-refractivity contribution in [2.75, 3.05) is 19.6 Å². The van der Waals surface area contributed by atoms with Gasteiger partial charge in [-0.15, -0.1) is 0 Å². The van der Waals surface area contributed by atoms with Crippen LogP contribution in [0.3, 0.4) is 0 Å². The molecular formula is C21H29N3O3. The molecule has 4 amide bonds. The van der Waals surface area contributed by atoms with Gasteiger partial charge < -0.3 is 10.2 Å². The Morgan fingerprint density at radius 1 is 1.15 bits per heavy atom. The molecule has 1 spiro atoms. The maximum Gasteiger partial charge on any atom is 0.325 e. The van der Waals surface area contributed by atoms with Crippen LogP contribution in [0.15, 0.2) is 24.3 Å². The maximum atomic E-state index is 13.2. The first-order valence-electron chi connectivity index (χ1n) is 9.75. The van der Waals surface area contributed by atoms with Gasteiger partial charge in [0.05, 0.1) is 0 Å². The number of imide groups is 1. The van der Waals surface area contributed by atoms with Gasteiger partial charge in [-0.2, -0.15) is 0 Å².